The molecule has 20 heavy (non-hydrogen) atoms. The summed E-state index contributed by atoms with van der Waals surface area (Å²) in [4.78, 5) is 0. The normalized spacial score (nSPS) is 10.7. The molecule has 0 unspecified atom stereocenters. The van der Waals surface area contributed by atoms with Gasteiger partial charge in [-0.3, -0.25) is 0 Å². The molecule has 0 bridgehead atoms. The van der Waals surface area contributed by atoms with E-state index < -0.39 is 5.82 Å². The highest BCUT2D eigenvalue weighted by atomic mass is 79.9. The van der Waals surface area contributed by atoms with Crippen molar-refractivity contribution in [3.05, 3.63) is 55.2 Å². The minimum absolute atomic E-state index is 0.00867. The average Bonchev–Trinajstić information content (AvgIpc) is 2.41. The SMILES string of the molecule is NCc1ccc(Oc2cc(Cl)c(Cl)cc2Cl)c(F)c1Br. The van der Waals surface area contributed by atoms with Crippen LogP contribution in [-0.4, -0.2) is 0 Å². The van der Waals surface area contributed by atoms with Gasteiger partial charge in [-0.2, -0.15) is 0 Å². The first-order valence-corrected chi connectivity index (χ1v) is 7.36. The van der Waals surface area contributed by atoms with E-state index in [-0.39, 0.29) is 32.6 Å². The number of benzene rings is 2. The van der Waals surface area contributed by atoms with Crippen molar-refractivity contribution < 1.29 is 9.13 Å². The summed E-state index contributed by atoms with van der Waals surface area (Å²) in [7, 11) is 0. The van der Waals surface area contributed by atoms with Crippen molar-refractivity contribution in [2.75, 3.05) is 0 Å². The summed E-state index contributed by atoms with van der Waals surface area (Å²) >= 11 is 20.8. The second-order valence-corrected chi connectivity index (χ2v) is 5.87. The molecule has 0 spiro atoms. The summed E-state index contributed by atoms with van der Waals surface area (Å²) in [5.74, 6) is -0.336. The van der Waals surface area contributed by atoms with Crippen molar-refractivity contribution >= 4 is 50.7 Å². The minimum Gasteiger partial charge on any atom is -0.453 e. The van der Waals surface area contributed by atoms with Gasteiger partial charge in [-0.25, -0.2) is 4.39 Å². The predicted molar refractivity (Wildman–Crippen MR) is 83.5 cm³/mol. The van der Waals surface area contributed by atoms with Crippen LogP contribution in [0.2, 0.25) is 15.1 Å². The van der Waals surface area contributed by atoms with Crippen molar-refractivity contribution in [3.8, 4) is 11.5 Å². The number of rotatable bonds is 3. The topological polar surface area (TPSA) is 35.2 Å². The quantitative estimate of drug-likeness (QED) is 0.662. The van der Waals surface area contributed by atoms with Crippen LogP contribution in [0.1, 0.15) is 5.56 Å². The Bertz CT molecular complexity index is 667. The Morgan fingerprint density at radius 1 is 1.05 bits per heavy atom. The van der Waals surface area contributed by atoms with Crippen molar-refractivity contribution in [2.24, 2.45) is 5.73 Å². The van der Waals surface area contributed by atoms with Gasteiger partial charge in [0.25, 0.3) is 0 Å². The van der Waals surface area contributed by atoms with E-state index in [9.17, 15) is 4.39 Å². The molecule has 0 radical (unpaired) electrons. The smallest absolute Gasteiger partial charge is 0.180 e. The zero-order valence-corrected chi connectivity index (χ0v) is 13.7. The van der Waals surface area contributed by atoms with E-state index in [0.717, 1.165) is 0 Å². The number of hydrogen-bond donors (Lipinski definition) is 1. The molecular formula is C13H8BrCl3FNO. The second-order valence-electron chi connectivity index (χ2n) is 3.85. The Labute approximate surface area is 138 Å². The largest absolute Gasteiger partial charge is 0.453 e. The zero-order chi connectivity index (χ0) is 14.9. The van der Waals surface area contributed by atoms with E-state index in [1.54, 1.807) is 6.07 Å². The average molecular weight is 399 g/mol. The van der Waals surface area contributed by atoms with E-state index in [1.807, 2.05) is 0 Å². The van der Waals surface area contributed by atoms with Crippen LogP contribution in [0.4, 0.5) is 4.39 Å². The number of hydrogen-bond acceptors (Lipinski definition) is 2. The van der Waals surface area contributed by atoms with Crippen LogP contribution in [0.25, 0.3) is 0 Å². The number of nitrogens with two attached hydrogens (primary N) is 1. The van der Waals surface area contributed by atoms with Crippen molar-refractivity contribution in [3.63, 3.8) is 0 Å². The Kier molecular flexibility index (Phi) is 5.15. The summed E-state index contributed by atoms with van der Waals surface area (Å²) < 4.78 is 19.8. The Hall–Kier alpha value is -0.520. The van der Waals surface area contributed by atoms with Gasteiger partial charge in [0, 0.05) is 12.6 Å². The molecule has 0 aliphatic rings. The monoisotopic (exact) mass is 397 g/mol. The Morgan fingerprint density at radius 3 is 2.35 bits per heavy atom. The van der Waals surface area contributed by atoms with Gasteiger partial charge in [0.15, 0.2) is 11.6 Å². The molecule has 0 amide bonds. The summed E-state index contributed by atoms with van der Waals surface area (Å²) in [5, 5.41) is 0.797. The van der Waals surface area contributed by atoms with Crippen LogP contribution < -0.4 is 10.5 Å². The van der Waals surface area contributed by atoms with Crippen LogP contribution in [-0.2, 0) is 6.54 Å². The first-order chi connectivity index (χ1) is 9.43. The van der Waals surface area contributed by atoms with Crippen LogP contribution >= 0.6 is 50.7 Å². The lowest BCUT2D eigenvalue weighted by Gasteiger charge is -2.12. The van der Waals surface area contributed by atoms with Gasteiger partial charge in [0.05, 0.1) is 19.5 Å². The van der Waals surface area contributed by atoms with Crippen molar-refractivity contribution in [1.29, 1.82) is 0 Å². The molecule has 2 N–H and O–H groups in total. The maximum atomic E-state index is 14.1. The molecule has 0 saturated heterocycles. The van der Waals surface area contributed by atoms with Gasteiger partial charge in [-0.1, -0.05) is 40.9 Å². The molecule has 2 nitrogen and oxygen atoms in total. The molecule has 106 valence electrons. The van der Waals surface area contributed by atoms with Gasteiger partial charge in [-0.15, -0.1) is 0 Å². The lowest BCUT2D eigenvalue weighted by atomic mass is 10.2. The fraction of sp³-hybridized carbons (Fsp3) is 0.0769. The first kappa shape index (κ1) is 15.9. The fourth-order valence-corrected chi connectivity index (χ4v) is 2.57. The maximum absolute atomic E-state index is 14.1. The van der Waals surface area contributed by atoms with Gasteiger partial charge in [0.1, 0.15) is 5.75 Å². The molecule has 0 heterocycles. The third-order valence-electron chi connectivity index (χ3n) is 2.54. The van der Waals surface area contributed by atoms with Crippen molar-refractivity contribution in [1.82, 2.24) is 0 Å². The van der Waals surface area contributed by atoms with Gasteiger partial charge in [0.2, 0.25) is 0 Å². The van der Waals surface area contributed by atoms with Crippen LogP contribution in [0.5, 0.6) is 11.5 Å². The lowest BCUT2D eigenvalue weighted by molar-refractivity contribution is 0.440. The summed E-state index contributed by atoms with van der Waals surface area (Å²) in [6, 6.07) is 5.99. The maximum Gasteiger partial charge on any atom is 0.180 e. The van der Waals surface area contributed by atoms with E-state index in [4.69, 9.17) is 45.3 Å². The molecule has 7 heteroatoms. The fourth-order valence-electron chi connectivity index (χ4n) is 1.51. The van der Waals surface area contributed by atoms with Crippen molar-refractivity contribution in [2.45, 2.75) is 6.54 Å². The summed E-state index contributed by atoms with van der Waals surface area (Å²) in [5.41, 5.74) is 6.13. The van der Waals surface area contributed by atoms with E-state index in [0.29, 0.717) is 10.6 Å². The standard InChI is InChI=1S/C13H8BrCl3FNO/c14-12-6(5-19)1-2-10(13(12)18)20-11-4-8(16)7(15)3-9(11)17/h1-4H,5,19H2. The minimum atomic E-state index is -0.560. The summed E-state index contributed by atoms with van der Waals surface area (Å²) in [6.45, 7) is 0.214. The molecule has 0 atom stereocenters. The summed E-state index contributed by atoms with van der Waals surface area (Å²) in [6.07, 6.45) is 0. The molecule has 0 saturated carbocycles. The third-order valence-corrected chi connectivity index (χ3v) is 4.42. The Morgan fingerprint density at radius 2 is 1.70 bits per heavy atom. The molecule has 0 aliphatic carbocycles. The van der Waals surface area contributed by atoms with Gasteiger partial charge in [-0.05, 0) is 33.6 Å². The number of halogens is 5. The van der Waals surface area contributed by atoms with E-state index in [2.05, 4.69) is 15.9 Å². The predicted octanol–water partition coefficient (Wildman–Crippen LogP) is 5.80. The van der Waals surface area contributed by atoms with Crippen LogP contribution in [0, 0.1) is 5.82 Å². The molecule has 0 fully saturated rings. The second kappa shape index (κ2) is 6.50. The van der Waals surface area contributed by atoms with Gasteiger partial charge < -0.3 is 10.5 Å². The highest BCUT2D eigenvalue weighted by Crippen LogP contribution is 2.38. The third kappa shape index (κ3) is 3.21. The first-order valence-electron chi connectivity index (χ1n) is 5.43. The number of ether oxygens (including phenoxy) is 1. The van der Waals surface area contributed by atoms with Gasteiger partial charge >= 0.3 is 0 Å². The van der Waals surface area contributed by atoms with Crippen LogP contribution in [0.3, 0.4) is 0 Å². The highest BCUT2D eigenvalue weighted by molar-refractivity contribution is 9.10. The Balaban J connectivity index is 2.40. The lowest BCUT2D eigenvalue weighted by Crippen LogP contribution is -2.00. The molecule has 2 aromatic carbocycles. The molecule has 2 rings (SSSR count). The molecule has 2 aromatic rings. The van der Waals surface area contributed by atoms with Crippen LogP contribution in [0.15, 0.2) is 28.7 Å². The highest BCUT2D eigenvalue weighted by Gasteiger charge is 2.14. The molecular weight excluding hydrogens is 391 g/mol. The zero-order valence-electron chi connectivity index (χ0n) is 9.89. The molecule has 0 aliphatic heterocycles. The molecule has 0 aromatic heterocycles. The van der Waals surface area contributed by atoms with E-state index in [1.165, 1.54) is 18.2 Å². The van der Waals surface area contributed by atoms with E-state index >= 15 is 0 Å².